The number of benzene rings is 1. The SMILES string of the molecule is CN[C@H](C(=O)N[C@H](C(=O)N(C)[C@H](/C=C(\C)C(=O)O)C(C)C)C(C)(C)F)C(C)(C)c1ccccc1. The quantitative estimate of drug-likeness (QED) is 0.425. The van der Waals surface area contributed by atoms with Crippen molar-refractivity contribution in [2.75, 3.05) is 14.1 Å². The molecule has 0 radical (unpaired) electrons. The second kappa shape index (κ2) is 11.6. The van der Waals surface area contributed by atoms with E-state index >= 15 is 4.39 Å². The van der Waals surface area contributed by atoms with Gasteiger partial charge in [0.25, 0.3) is 0 Å². The lowest BCUT2D eigenvalue weighted by molar-refractivity contribution is -0.141. The third-order valence-electron chi connectivity index (χ3n) is 6.25. The molecule has 0 aliphatic rings. The molecule has 2 amide bonds. The maximum atomic E-state index is 15.3. The van der Waals surface area contributed by atoms with Crippen LogP contribution in [-0.2, 0) is 19.8 Å². The fourth-order valence-corrected chi connectivity index (χ4v) is 4.04. The highest BCUT2D eigenvalue weighted by molar-refractivity contribution is 5.92. The number of halogens is 1. The lowest BCUT2D eigenvalue weighted by Gasteiger charge is -2.38. The van der Waals surface area contributed by atoms with Crippen molar-refractivity contribution in [3.05, 3.63) is 47.5 Å². The van der Waals surface area contributed by atoms with Crippen molar-refractivity contribution in [1.29, 1.82) is 0 Å². The van der Waals surface area contributed by atoms with Crippen LogP contribution in [0.5, 0.6) is 0 Å². The van der Waals surface area contributed by atoms with E-state index < -0.39 is 47.0 Å². The molecule has 1 aromatic carbocycles. The zero-order valence-corrected chi connectivity index (χ0v) is 21.8. The van der Waals surface area contributed by atoms with Crippen LogP contribution in [0.1, 0.15) is 54.0 Å². The van der Waals surface area contributed by atoms with Crippen molar-refractivity contribution in [1.82, 2.24) is 15.5 Å². The van der Waals surface area contributed by atoms with Gasteiger partial charge in [-0.1, -0.05) is 64.1 Å². The molecular weight excluding hydrogens is 437 g/mol. The van der Waals surface area contributed by atoms with Gasteiger partial charge in [-0.15, -0.1) is 0 Å². The molecule has 1 rings (SSSR count). The molecule has 8 heteroatoms. The number of likely N-dealkylation sites (N-methyl/N-ethyl adjacent to an activating group) is 2. The van der Waals surface area contributed by atoms with Gasteiger partial charge in [0.05, 0.1) is 12.1 Å². The van der Waals surface area contributed by atoms with E-state index in [0.717, 1.165) is 5.56 Å². The maximum absolute atomic E-state index is 15.3. The van der Waals surface area contributed by atoms with Crippen LogP contribution >= 0.6 is 0 Å². The van der Waals surface area contributed by atoms with Gasteiger partial charge in [-0.25, -0.2) is 9.18 Å². The van der Waals surface area contributed by atoms with Gasteiger partial charge in [-0.2, -0.15) is 0 Å². The Labute approximate surface area is 202 Å². The molecule has 1 aromatic rings. The number of carboxylic acids is 1. The summed E-state index contributed by atoms with van der Waals surface area (Å²) in [5, 5.41) is 14.9. The lowest BCUT2D eigenvalue weighted by atomic mass is 9.77. The highest BCUT2D eigenvalue weighted by atomic mass is 19.1. The number of carbonyl (C=O) groups is 3. The van der Waals surface area contributed by atoms with Crippen molar-refractivity contribution < 1.29 is 23.9 Å². The van der Waals surface area contributed by atoms with Crippen LogP contribution < -0.4 is 10.6 Å². The summed E-state index contributed by atoms with van der Waals surface area (Å²) in [6, 6.07) is 6.68. The maximum Gasteiger partial charge on any atom is 0.331 e. The van der Waals surface area contributed by atoms with Gasteiger partial charge in [0.1, 0.15) is 11.7 Å². The first kappa shape index (κ1) is 29.3. The summed E-state index contributed by atoms with van der Waals surface area (Å²) in [6.07, 6.45) is 1.48. The summed E-state index contributed by atoms with van der Waals surface area (Å²) in [6.45, 7) is 11.4. The van der Waals surface area contributed by atoms with E-state index in [0.29, 0.717) is 0 Å². The molecule has 0 aliphatic carbocycles. The number of amides is 2. The number of alkyl halides is 1. The minimum Gasteiger partial charge on any atom is -0.478 e. The number of carbonyl (C=O) groups excluding carboxylic acids is 2. The van der Waals surface area contributed by atoms with E-state index in [4.69, 9.17) is 0 Å². The first-order valence-corrected chi connectivity index (χ1v) is 11.5. The van der Waals surface area contributed by atoms with Gasteiger partial charge in [-0.05, 0) is 39.3 Å². The van der Waals surface area contributed by atoms with Gasteiger partial charge in [0.15, 0.2) is 0 Å². The van der Waals surface area contributed by atoms with E-state index in [9.17, 15) is 19.5 Å². The summed E-state index contributed by atoms with van der Waals surface area (Å²) in [7, 11) is 3.14. The van der Waals surface area contributed by atoms with Crippen LogP contribution in [0.15, 0.2) is 42.0 Å². The van der Waals surface area contributed by atoms with Gasteiger partial charge in [0, 0.05) is 18.0 Å². The first-order chi connectivity index (χ1) is 15.5. The molecule has 0 bridgehead atoms. The summed E-state index contributed by atoms with van der Waals surface area (Å²) in [4.78, 5) is 39.4. The highest BCUT2D eigenvalue weighted by Crippen LogP contribution is 2.28. The Bertz CT molecular complexity index is 891. The van der Waals surface area contributed by atoms with Crippen molar-refractivity contribution in [2.45, 2.75) is 77.7 Å². The summed E-state index contributed by atoms with van der Waals surface area (Å²) < 4.78 is 15.3. The van der Waals surface area contributed by atoms with E-state index in [-0.39, 0.29) is 11.5 Å². The lowest BCUT2D eigenvalue weighted by Crippen LogP contribution is -2.63. The average Bonchev–Trinajstić information content (AvgIpc) is 2.74. The van der Waals surface area contributed by atoms with Crippen molar-refractivity contribution in [3.8, 4) is 0 Å². The van der Waals surface area contributed by atoms with Gasteiger partial charge in [-0.3, -0.25) is 9.59 Å². The molecule has 3 N–H and O–H groups in total. The third kappa shape index (κ3) is 7.13. The largest absolute Gasteiger partial charge is 0.478 e. The normalized spacial score (nSPS) is 15.4. The Morgan fingerprint density at radius 1 is 1.06 bits per heavy atom. The standard InChI is InChI=1S/C26H40FN3O4/c1-16(2)19(15-17(3)24(33)34)30(9)23(32)21(26(6,7)27)29-22(31)20(28-8)25(4,5)18-13-11-10-12-14-18/h10-16,19-21,28H,1-9H3,(H,29,31)(H,33,34)/b17-15+/t19-,20-,21-/m1/s1. The predicted octanol–water partition coefficient (Wildman–Crippen LogP) is 3.30. The molecule has 0 aliphatic heterocycles. The molecule has 34 heavy (non-hydrogen) atoms. The Balaban J connectivity index is 3.29. The average molecular weight is 478 g/mol. The van der Waals surface area contributed by atoms with Gasteiger partial charge in [0.2, 0.25) is 11.8 Å². The van der Waals surface area contributed by atoms with Crippen molar-refractivity contribution in [3.63, 3.8) is 0 Å². The van der Waals surface area contributed by atoms with E-state index in [1.165, 1.54) is 38.8 Å². The molecule has 0 spiro atoms. The minimum absolute atomic E-state index is 0.0818. The molecule has 0 aromatic heterocycles. The molecule has 0 fully saturated rings. The molecule has 3 atom stereocenters. The van der Waals surface area contributed by atoms with Crippen LogP contribution in [0, 0.1) is 5.92 Å². The summed E-state index contributed by atoms with van der Waals surface area (Å²) in [5.41, 5.74) is -1.72. The number of nitrogens with zero attached hydrogens (tertiary/aromatic N) is 1. The molecule has 0 saturated carbocycles. The number of aliphatic carboxylic acids is 1. The van der Waals surface area contributed by atoms with Crippen LogP contribution in [0.25, 0.3) is 0 Å². The van der Waals surface area contributed by atoms with E-state index in [1.807, 2.05) is 58.0 Å². The fraction of sp³-hybridized carbons (Fsp3) is 0.577. The van der Waals surface area contributed by atoms with Gasteiger partial charge >= 0.3 is 5.97 Å². The predicted molar refractivity (Wildman–Crippen MR) is 132 cm³/mol. The van der Waals surface area contributed by atoms with Crippen molar-refractivity contribution >= 4 is 17.8 Å². The number of hydrogen-bond donors (Lipinski definition) is 3. The fourth-order valence-electron chi connectivity index (χ4n) is 4.04. The molecule has 0 heterocycles. The second-order valence-electron chi connectivity index (χ2n) is 10.2. The molecule has 0 unspecified atom stereocenters. The third-order valence-corrected chi connectivity index (χ3v) is 6.25. The highest BCUT2D eigenvalue weighted by Gasteiger charge is 2.43. The van der Waals surface area contributed by atoms with Crippen LogP contribution in [-0.4, -0.2) is 65.7 Å². The number of hydrogen-bond acceptors (Lipinski definition) is 4. The first-order valence-electron chi connectivity index (χ1n) is 11.5. The number of carboxylic acid groups (broad SMARTS) is 1. The minimum atomic E-state index is -2.07. The topological polar surface area (TPSA) is 98.7 Å². The zero-order valence-electron chi connectivity index (χ0n) is 21.8. The molecule has 7 nitrogen and oxygen atoms in total. The molecular formula is C26H40FN3O4. The van der Waals surface area contributed by atoms with Crippen LogP contribution in [0.4, 0.5) is 4.39 Å². The van der Waals surface area contributed by atoms with Crippen LogP contribution in [0.2, 0.25) is 0 Å². The van der Waals surface area contributed by atoms with Crippen molar-refractivity contribution in [2.24, 2.45) is 5.92 Å². The Hall–Kier alpha value is -2.74. The Morgan fingerprint density at radius 2 is 1.59 bits per heavy atom. The smallest absolute Gasteiger partial charge is 0.331 e. The second-order valence-corrected chi connectivity index (χ2v) is 10.2. The molecule has 0 saturated heterocycles. The van der Waals surface area contributed by atoms with E-state index in [2.05, 4.69) is 10.6 Å². The van der Waals surface area contributed by atoms with Crippen LogP contribution in [0.3, 0.4) is 0 Å². The Kier molecular flexibility index (Phi) is 9.99. The monoisotopic (exact) mass is 477 g/mol. The van der Waals surface area contributed by atoms with E-state index in [1.54, 1.807) is 7.05 Å². The zero-order chi connectivity index (χ0) is 26.4. The summed E-state index contributed by atoms with van der Waals surface area (Å²) >= 11 is 0. The number of rotatable bonds is 11. The number of nitrogens with one attached hydrogen (secondary N) is 2. The Morgan fingerprint density at radius 3 is 2.00 bits per heavy atom. The van der Waals surface area contributed by atoms with Gasteiger partial charge < -0.3 is 20.6 Å². The summed E-state index contributed by atoms with van der Waals surface area (Å²) in [5.74, 6) is -2.37. The molecule has 190 valence electrons.